The van der Waals surface area contributed by atoms with Gasteiger partial charge in [0.15, 0.2) is 0 Å². The normalized spacial score (nSPS) is 30.1. The Morgan fingerprint density at radius 1 is 1.15 bits per heavy atom. The third-order valence-corrected chi connectivity index (χ3v) is 6.39. The average Bonchev–Trinajstić information content (AvgIpc) is 3.28. The van der Waals surface area contributed by atoms with Crippen LogP contribution in [0.2, 0.25) is 0 Å². The number of rotatable bonds is 6. The predicted octanol–water partition coefficient (Wildman–Crippen LogP) is 2.66. The molecule has 2 aliphatic rings. The first-order valence-corrected chi connectivity index (χ1v) is 9.68. The van der Waals surface area contributed by atoms with Crippen molar-refractivity contribution in [2.75, 3.05) is 0 Å². The number of hydrazine groups is 2. The van der Waals surface area contributed by atoms with E-state index in [0.717, 1.165) is 43.6 Å². The standard InChI is InChI=1S/C18H36F3N5/c1-11(15(18(19,20)21)25-26(24)16(2,3)4)14(22)12-6-5-7-13(10-12)17(23)8-9-17/h11-15,25H,5-10,22-24H2,1-4H3. The van der Waals surface area contributed by atoms with Crippen LogP contribution in [-0.2, 0) is 0 Å². The first kappa shape index (κ1) is 21.9. The van der Waals surface area contributed by atoms with Crippen molar-refractivity contribution >= 4 is 0 Å². The van der Waals surface area contributed by atoms with Crippen LogP contribution < -0.4 is 22.7 Å². The number of halogens is 3. The zero-order valence-electron chi connectivity index (χ0n) is 16.4. The molecule has 0 aromatic heterocycles. The number of nitrogens with zero attached hydrogens (tertiary/aromatic N) is 1. The first-order chi connectivity index (χ1) is 11.8. The van der Waals surface area contributed by atoms with Crippen molar-refractivity contribution in [3.63, 3.8) is 0 Å². The van der Waals surface area contributed by atoms with Gasteiger partial charge in [-0.1, -0.05) is 13.3 Å². The molecule has 0 aromatic rings. The Bertz CT molecular complexity index is 472. The van der Waals surface area contributed by atoms with Gasteiger partial charge in [0.25, 0.3) is 0 Å². The van der Waals surface area contributed by atoms with Crippen LogP contribution in [0.25, 0.3) is 0 Å². The molecular formula is C18H36F3N5. The molecule has 5 nitrogen and oxygen atoms in total. The van der Waals surface area contributed by atoms with E-state index < -0.39 is 29.7 Å². The molecule has 5 atom stereocenters. The largest absolute Gasteiger partial charge is 0.405 e. The first-order valence-electron chi connectivity index (χ1n) is 9.68. The molecule has 8 heteroatoms. The van der Waals surface area contributed by atoms with Gasteiger partial charge in [-0.15, -0.1) is 0 Å². The molecule has 2 saturated carbocycles. The third kappa shape index (κ3) is 5.10. The summed E-state index contributed by atoms with van der Waals surface area (Å²) in [5.74, 6) is 5.48. The van der Waals surface area contributed by atoms with Gasteiger partial charge >= 0.3 is 6.18 Å². The van der Waals surface area contributed by atoms with E-state index in [0.29, 0.717) is 5.92 Å². The minimum absolute atomic E-state index is 0.0669. The van der Waals surface area contributed by atoms with Crippen molar-refractivity contribution < 1.29 is 13.2 Å². The smallest absolute Gasteiger partial charge is 0.327 e. The van der Waals surface area contributed by atoms with E-state index in [1.54, 1.807) is 27.7 Å². The third-order valence-electron chi connectivity index (χ3n) is 6.39. The van der Waals surface area contributed by atoms with Crippen LogP contribution >= 0.6 is 0 Å². The van der Waals surface area contributed by atoms with Gasteiger partial charge in [0.2, 0.25) is 0 Å². The van der Waals surface area contributed by atoms with Crippen molar-refractivity contribution in [2.24, 2.45) is 35.1 Å². The van der Waals surface area contributed by atoms with E-state index in [2.05, 4.69) is 5.43 Å². The molecular weight excluding hydrogens is 343 g/mol. The molecule has 5 unspecified atom stereocenters. The Labute approximate surface area is 155 Å². The summed E-state index contributed by atoms with van der Waals surface area (Å²) < 4.78 is 41.1. The highest BCUT2D eigenvalue weighted by Gasteiger charge is 2.50. The van der Waals surface area contributed by atoms with Crippen LogP contribution in [0.4, 0.5) is 13.2 Å². The Hall–Kier alpha value is -0.410. The van der Waals surface area contributed by atoms with Crippen molar-refractivity contribution in [2.45, 2.75) is 95.6 Å². The van der Waals surface area contributed by atoms with Crippen LogP contribution in [0.15, 0.2) is 0 Å². The lowest BCUT2D eigenvalue weighted by Crippen LogP contribution is -2.65. The fraction of sp³-hybridized carbons (Fsp3) is 1.00. The van der Waals surface area contributed by atoms with E-state index in [1.807, 2.05) is 0 Å². The van der Waals surface area contributed by atoms with Crippen LogP contribution in [-0.4, -0.2) is 34.5 Å². The number of alkyl halides is 3. The summed E-state index contributed by atoms with van der Waals surface area (Å²) in [6.07, 6.45) is 1.37. The fourth-order valence-electron chi connectivity index (χ4n) is 4.14. The lowest BCUT2D eigenvalue weighted by atomic mass is 9.71. The molecule has 0 bridgehead atoms. The maximum atomic E-state index is 13.7. The zero-order chi connectivity index (χ0) is 19.9. The Morgan fingerprint density at radius 3 is 2.19 bits per heavy atom. The maximum absolute atomic E-state index is 13.7. The lowest BCUT2D eigenvalue weighted by molar-refractivity contribution is -0.188. The van der Waals surface area contributed by atoms with Crippen molar-refractivity contribution in [3.05, 3.63) is 0 Å². The summed E-state index contributed by atoms with van der Waals surface area (Å²) in [4.78, 5) is 0. The second-order valence-corrected chi connectivity index (χ2v) is 9.48. The molecule has 7 N–H and O–H groups in total. The van der Waals surface area contributed by atoms with Gasteiger partial charge in [-0.25, -0.2) is 5.43 Å². The highest BCUT2D eigenvalue weighted by molar-refractivity contribution is 5.06. The summed E-state index contributed by atoms with van der Waals surface area (Å²) in [6, 6.07) is -2.33. The van der Waals surface area contributed by atoms with E-state index >= 15 is 0 Å². The molecule has 154 valence electrons. The number of nitrogens with two attached hydrogens (primary N) is 3. The topological polar surface area (TPSA) is 93.3 Å². The van der Waals surface area contributed by atoms with Gasteiger partial charge < -0.3 is 11.5 Å². The fourth-order valence-corrected chi connectivity index (χ4v) is 4.14. The van der Waals surface area contributed by atoms with Gasteiger partial charge in [-0.05, 0) is 70.6 Å². The second kappa shape index (κ2) is 7.54. The van der Waals surface area contributed by atoms with Gasteiger partial charge in [-0.3, -0.25) is 5.84 Å². The van der Waals surface area contributed by atoms with E-state index in [-0.39, 0.29) is 11.5 Å². The van der Waals surface area contributed by atoms with E-state index in [4.69, 9.17) is 17.3 Å². The van der Waals surface area contributed by atoms with Crippen LogP contribution in [0, 0.1) is 17.8 Å². The molecule has 0 spiro atoms. The van der Waals surface area contributed by atoms with Gasteiger partial charge in [0, 0.05) is 17.1 Å². The van der Waals surface area contributed by atoms with Crippen molar-refractivity contribution in [1.29, 1.82) is 0 Å². The Morgan fingerprint density at radius 2 is 1.73 bits per heavy atom. The molecule has 0 heterocycles. The SMILES string of the molecule is CC(C(N)C1CCCC(C2(N)CC2)C1)C(NN(N)C(C)(C)C)C(F)(F)F. The Kier molecular flexibility index (Phi) is 6.35. The van der Waals surface area contributed by atoms with Gasteiger partial charge in [-0.2, -0.15) is 18.3 Å². The molecule has 26 heavy (non-hydrogen) atoms. The van der Waals surface area contributed by atoms with Crippen LogP contribution in [0.3, 0.4) is 0 Å². The van der Waals surface area contributed by atoms with Crippen molar-refractivity contribution in [1.82, 2.24) is 10.5 Å². The van der Waals surface area contributed by atoms with E-state index in [1.165, 1.54) is 0 Å². The lowest BCUT2D eigenvalue weighted by Gasteiger charge is -2.42. The monoisotopic (exact) mass is 379 g/mol. The minimum Gasteiger partial charge on any atom is -0.327 e. The molecule has 2 fully saturated rings. The van der Waals surface area contributed by atoms with Crippen LogP contribution in [0.1, 0.15) is 66.2 Å². The average molecular weight is 380 g/mol. The summed E-state index contributed by atoms with van der Waals surface area (Å²) in [5.41, 5.74) is 14.4. The number of hydrogen-bond acceptors (Lipinski definition) is 5. The summed E-state index contributed by atoms with van der Waals surface area (Å²) in [6.45, 7) is 6.82. The predicted molar refractivity (Wildman–Crippen MR) is 97.5 cm³/mol. The Balaban J connectivity index is 2.07. The number of hydrogen-bond donors (Lipinski definition) is 4. The second-order valence-electron chi connectivity index (χ2n) is 9.48. The molecule has 0 aromatic carbocycles. The molecule has 2 aliphatic carbocycles. The molecule has 0 radical (unpaired) electrons. The molecule has 2 rings (SSSR count). The van der Waals surface area contributed by atoms with Crippen molar-refractivity contribution in [3.8, 4) is 0 Å². The molecule has 0 saturated heterocycles. The van der Waals surface area contributed by atoms with E-state index in [9.17, 15) is 13.2 Å². The minimum atomic E-state index is -4.43. The summed E-state index contributed by atoms with van der Waals surface area (Å²) >= 11 is 0. The zero-order valence-corrected chi connectivity index (χ0v) is 16.4. The van der Waals surface area contributed by atoms with Crippen LogP contribution in [0.5, 0.6) is 0 Å². The molecule has 0 aliphatic heterocycles. The summed E-state index contributed by atoms with van der Waals surface area (Å²) in [7, 11) is 0. The van der Waals surface area contributed by atoms with Gasteiger partial charge in [0.1, 0.15) is 6.04 Å². The van der Waals surface area contributed by atoms with Gasteiger partial charge in [0.05, 0.1) is 0 Å². The summed E-state index contributed by atoms with van der Waals surface area (Å²) in [5, 5.41) is 1.04. The quantitative estimate of drug-likeness (QED) is 0.421. The maximum Gasteiger partial charge on any atom is 0.405 e. The molecule has 0 amide bonds. The highest BCUT2D eigenvalue weighted by atomic mass is 19.4. The number of nitrogens with one attached hydrogen (secondary N) is 1. The highest BCUT2D eigenvalue weighted by Crippen LogP contribution is 2.48.